The Morgan fingerprint density at radius 3 is 1.61 bits per heavy atom. The molecule has 0 saturated heterocycles. The Morgan fingerprint density at radius 1 is 0.298 bits per heavy atom. The number of rotatable bonds is 3. The van der Waals surface area contributed by atoms with Gasteiger partial charge in [-0.15, -0.1) is 22.7 Å². The highest BCUT2D eigenvalue weighted by atomic mass is 32.1. The lowest BCUT2D eigenvalue weighted by Crippen LogP contribution is -1.90. The maximum atomic E-state index is 6.91. The molecule has 264 valence electrons. The number of fused-ring (bicyclic) bond motifs is 13. The van der Waals surface area contributed by atoms with Gasteiger partial charge in [-0.2, -0.15) is 0 Å². The molecule has 0 saturated carbocycles. The zero-order valence-electron chi connectivity index (χ0n) is 30.5. The Balaban J connectivity index is 1.05. The second-order valence-corrected chi connectivity index (χ2v) is 17.2. The molecule has 1 nitrogen and oxygen atoms in total. The molecule has 13 aromatic rings. The first kappa shape index (κ1) is 31.4. The van der Waals surface area contributed by atoms with Gasteiger partial charge in [0.05, 0.1) is 0 Å². The van der Waals surface area contributed by atoms with E-state index in [1.165, 1.54) is 100 Å². The average Bonchev–Trinajstić information content (AvgIpc) is 3.95. The fourth-order valence-electron chi connectivity index (χ4n) is 9.56. The molecular weight excluding hydrogens is 729 g/mol. The van der Waals surface area contributed by atoms with Crippen LogP contribution in [0.1, 0.15) is 0 Å². The van der Waals surface area contributed by atoms with E-state index in [1.807, 2.05) is 22.7 Å². The number of hydrogen-bond donors (Lipinski definition) is 0. The molecule has 0 amide bonds. The number of para-hydroxylation sites is 1. The van der Waals surface area contributed by atoms with Crippen molar-refractivity contribution in [2.24, 2.45) is 0 Å². The molecular formula is C54H30OS2. The first-order valence-corrected chi connectivity index (χ1v) is 21.0. The van der Waals surface area contributed by atoms with E-state index in [0.29, 0.717) is 0 Å². The lowest BCUT2D eigenvalue weighted by atomic mass is 9.86. The zero-order chi connectivity index (χ0) is 37.2. The van der Waals surface area contributed by atoms with Crippen LogP contribution >= 0.6 is 22.7 Å². The van der Waals surface area contributed by atoms with Crippen molar-refractivity contribution in [1.29, 1.82) is 0 Å². The molecule has 0 N–H and O–H groups in total. The normalized spacial score (nSPS) is 12.2. The molecule has 13 rings (SSSR count). The van der Waals surface area contributed by atoms with E-state index in [4.69, 9.17) is 4.42 Å². The van der Waals surface area contributed by atoms with Crippen molar-refractivity contribution in [1.82, 2.24) is 0 Å². The first-order chi connectivity index (χ1) is 28.3. The minimum absolute atomic E-state index is 0.897. The summed E-state index contributed by atoms with van der Waals surface area (Å²) in [5.74, 6) is 0. The molecule has 3 heteroatoms. The molecule has 10 aromatic carbocycles. The number of hydrogen-bond acceptors (Lipinski definition) is 3. The van der Waals surface area contributed by atoms with Gasteiger partial charge in [0.2, 0.25) is 0 Å². The van der Waals surface area contributed by atoms with Crippen LogP contribution in [0.15, 0.2) is 186 Å². The van der Waals surface area contributed by atoms with E-state index in [0.717, 1.165) is 27.5 Å². The number of furan rings is 1. The summed E-state index contributed by atoms with van der Waals surface area (Å²) in [4.78, 5) is 0. The summed E-state index contributed by atoms with van der Waals surface area (Å²) in [6.07, 6.45) is 0. The molecule has 0 aliphatic heterocycles. The number of thiophene rings is 2. The molecule has 3 aromatic heterocycles. The third kappa shape index (κ3) is 4.50. The Morgan fingerprint density at radius 2 is 0.877 bits per heavy atom. The Hall–Kier alpha value is -6.78. The highest BCUT2D eigenvalue weighted by Crippen LogP contribution is 2.49. The maximum Gasteiger partial charge on any atom is 0.143 e. The van der Waals surface area contributed by atoms with Gasteiger partial charge >= 0.3 is 0 Å². The van der Waals surface area contributed by atoms with Crippen LogP contribution < -0.4 is 0 Å². The SMILES string of the molecule is c1ccc(-c2c3ccccc3c(-c3ccc4oc5c(-c6cc7c8cc9sc%10ccccc%10c9cc8sc7c7ccccc67)cccc5c4c3)c3ccccc23)cc1. The summed E-state index contributed by atoms with van der Waals surface area (Å²) in [7, 11) is 0. The maximum absolute atomic E-state index is 6.91. The van der Waals surface area contributed by atoms with Crippen LogP contribution in [0.25, 0.3) is 128 Å². The fourth-order valence-corrected chi connectivity index (χ4v) is 11.9. The van der Waals surface area contributed by atoms with Crippen LogP contribution in [0.3, 0.4) is 0 Å². The van der Waals surface area contributed by atoms with Crippen molar-refractivity contribution >= 4 is 117 Å². The Kier molecular flexibility index (Phi) is 6.54. The zero-order valence-corrected chi connectivity index (χ0v) is 32.2. The van der Waals surface area contributed by atoms with Crippen LogP contribution in [0, 0.1) is 0 Å². The van der Waals surface area contributed by atoms with Gasteiger partial charge < -0.3 is 4.42 Å². The van der Waals surface area contributed by atoms with Crippen LogP contribution in [0.2, 0.25) is 0 Å². The molecule has 0 aliphatic carbocycles. The fraction of sp³-hybridized carbons (Fsp3) is 0. The van der Waals surface area contributed by atoms with Gasteiger partial charge in [0.1, 0.15) is 11.2 Å². The molecule has 3 heterocycles. The van der Waals surface area contributed by atoms with Gasteiger partial charge in [0, 0.05) is 62.1 Å². The predicted octanol–water partition coefficient (Wildman–Crippen LogP) is 16.8. The smallest absolute Gasteiger partial charge is 0.143 e. The van der Waals surface area contributed by atoms with Crippen molar-refractivity contribution in [3.05, 3.63) is 182 Å². The average molecular weight is 759 g/mol. The standard InChI is InChI=1S/C54H30OS2/c1-2-13-31(14-3-1)51-35-17-5-7-19-37(35)52(38-20-8-6-18-36(38)51)32-25-26-47-43(27-32)40-23-12-22-39(53(40)55-47)42-28-46-45-30-49-44(34-16-10-11-24-48(34)56-49)29-50(45)57-54(46)41-21-9-4-15-33(41)42/h1-30H. The molecule has 0 aliphatic rings. The van der Waals surface area contributed by atoms with Gasteiger partial charge in [-0.05, 0) is 91.1 Å². The van der Waals surface area contributed by atoms with Crippen molar-refractivity contribution in [2.75, 3.05) is 0 Å². The topological polar surface area (TPSA) is 13.1 Å². The Labute approximate surface area is 335 Å². The summed E-state index contributed by atoms with van der Waals surface area (Å²) in [6.45, 7) is 0. The molecule has 57 heavy (non-hydrogen) atoms. The molecule has 0 spiro atoms. The minimum atomic E-state index is 0.897. The van der Waals surface area contributed by atoms with Crippen molar-refractivity contribution in [3.8, 4) is 33.4 Å². The summed E-state index contributed by atoms with van der Waals surface area (Å²) >= 11 is 3.80. The van der Waals surface area contributed by atoms with Gasteiger partial charge in [0.25, 0.3) is 0 Å². The molecule has 0 radical (unpaired) electrons. The summed E-state index contributed by atoms with van der Waals surface area (Å²) < 4.78 is 12.2. The largest absolute Gasteiger partial charge is 0.455 e. The molecule has 0 atom stereocenters. The van der Waals surface area contributed by atoms with E-state index in [-0.39, 0.29) is 0 Å². The van der Waals surface area contributed by atoms with Crippen molar-refractivity contribution in [2.45, 2.75) is 0 Å². The van der Waals surface area contributed by atoms with E-state index in [2.05, 4.69) is 182 Å². The lowest BCUT2D eigenvalue weighted by Gasteiger charge is -2.17. The highest BCUT2D eigenvalue weighted by molar-refractivity contribution is 7.28. The van der Waals surface area contributed by atoms with E-state index < -0.39 is 0 Å². The van der Waals surface area contributed by atoms with Crippen molar-refractivity contribution < 1.29 is 4.42 Å². The van der Waals surface area contributed by atoms with E-state index >= 15 is 0 Å². The monoisotopic (exact) mass is 758 g/mol. The van der Waals surface area contributed by atoms with Crippen LogP contribution in [0.5, 0.6) is 0 Å². The van der Waals surface area contributed by atoms with Crippen LogP contribution in [-0.2, 0) is 0 Å². The lowest BCUT2D eigenvalue weighted by molar-refractivity contribution is 0.670. The summed E-state index contributed by atoms with van der Waals surface area (Å²) in [5.41, 5.74) is 9.09. The molecule has 0 unspecified atom stereocenters. The van der Waals surface area contributed by atoms with Gasteiger partial charge in [-0.1, -0.05) is 146 Å². The van der Waals surface area contributed by atoms with Crippen molar-refractivity contribution in [3.63, 3.8) is 0 Å². The third-order valence-corrected chi connectivity index (χ3v) is 14.4. The van der Waals surface area contributed by atoms with Gasteiger partial charge in [0.15, 0.2) is 0 Å². The third-order valence-electron chi connectivity index (χ3n) is 12.0. The van der Waals surface area contributed by atoms with E-state index in [1.54, 1.807) is 0 Å². The second-order valence-electron chi connectivity index (χ2n) is 15.1. The van der Waals surface area contributed by atoms with Crippen LogP contribution in [-0.4, -0.2) is 0 Å². The van der Waals surface area contributed by atoms with Gasteiger partial charge in [-0.25, -0.2) is 0 Å². The van der Waals surface area contributed by atoms with Crippen LogP contribution in [0.4, 0.5) is 0 Å². The Bertz CT molecular complexity index is 3750. The van der Waals surface area contributed by atoms with E-state index in [9.17, 15) is 0 Å². The predicted molar refractivity (Wildman–Crippen MR) is 248 cm³/mol. The summed E-state index contributed by atoms with van der Waals surface area (Å²) in [6, 6.07) is 66.9. The second kappa shape index (κ2) is 11.9. The molecule has 0 fully saturated rings. The first-order valence-electron chi connectivity index (χ1n) is 19.4. The number of benzene rings is 10. The highest BCUT2D eigenvalue weighted by Gasteiger charge is 2.21. The summed E-state index contributed by atoms with van der Waals surface area (Å²) in [5, 5.41) is 15.1. The quantitative estimate of drug-likeness (QED) is 0.164. The molecule has 0 bridgehead atoms. The minimum Gasteiger partial charge on any atom is -0.455 e. The van der Waals surface area contributed by atoms with Gasteiger partial charge in [-0.3, -0.25) is 0 Å².